The Bertz CT molecular complexity index is 603. The van der Waals surface area contributed by atoms with E-state index in [-0.39, 0.29) is 5.41 Å². The minimum absolute atomic E-state index is 0.0755. The summed E-state index contributed by atoms with van der Waals surface area (Å²) < 4.78 is 0. The Hall–Kier alpha value is -0.590. The maximum Gasteiger partial charge on any atom is 0.162 e. The van der Waals surface area contributed by atoms with Crippen LogP contribution in [0.15, 0.2) is 11.6 Å². The third-order valence-electron chi connectivity index (χ3n) is 9.69. The van der Waals surface area contributed by atoms with Crippen LogP contribution in [-0.2, 0) is 4.79 Å². The van der Waals surface area contributed by atoms with Gasteiger partial charge in [0.15, 0.2) is 5.78 Å². The molecule has 0 saturated heterocycles. The van der Waals surface area contributed by atoms with Crippen LogP contribution in [0.1, 0.15) is 92.4 Å². The molecule has 0 radical (unpaired) electrons. The average Bonchev–Trinajstić information content (AvgIpc) is 2.96. The molecule has 3 saturated carbocycles. The van der Waals surface area contributed by atoms with E-state index >= 15 is 0 Å². The van der Waals surface area contributed by atoms with Gasteiger partial charge in [-0.15, -0.1) is 0 Å². The van der Waals surface area contributed by atoms with Gasteiger partial charge in [-0.25, -0.2) is 0 Å². The first kappa shape index (κ1) is 18.8. The number of carbonyl (C=O) groups excluding carboxylic acids is 1. The zero-order valence-corrected chi connectivity index (χ0v) is 17.8. The number of ketones is 1. The molecular weight excluding hydrogens is 316 g/mol. The van der Waals surface area contributed by atoms with Gasteiger partial charge in [-0.2, -0.15) is 0 Å². The van der Waals surface area contributed by atoms with Crippen molar-refractivity contribution in [1.29, 1.82) is 0 Å². The van der Waals surface area contributed by atoms with Gasteiger partial charge >= 0.3 is 0 Å². The van der Waals surface area contributed by atoms with Crippen molar-refractivity contribution in [1.82, 2.24) is 0 Å². The molecule has 8 atom stereocenters. The third kappa shape index (κ3) is 2.51. The lowest BCUT2D eigenvalue weighted by Gasteiger charge is -2.56. The lowest BCUT2D eigenvalue weighted by Crippen LogP contribution is -2.51. The molecule has 0 spiro atoms. The molecule has 1 heteroatoms. The van der Waals surface area contributed by atoms with Gasteiger partial charge in [-0.3, -0.25) is 4.79 Å². The zero-order valence-electron chi connectivity index (χ0n) is 17.8. The molecule has 0 aromatic rings. The van der Waals surface area contributed by atoms with Crippen LogP contribution in [0.2, 0.25) is 0 Å². The second kappa shape index (κ2) is 6.49. The van der Waals surface area contributed by atoms with Crippen LogP contribution in [0.5, 0.6) is 0 Å². The van der Waals surface area contributed by atoms with E-state index in [1.54, 1.807) is 5.57 Å². The fourth-order valence-corrected chi connectivity index (χ4v) is 8.13. The predicted molar refractivity (Wildman–Crippen MR) is 109 cm³/mol. The van der Waals surface area contributed by atoms with E-state index in [1.165, 1.54) is 57.8 Å². The standard InChI is InChI=1S/C25H40O/c1-6-7-17(3)20-10-11-21-19-9-8-18-14-16(2)12-13-24(18,4)22(19)15-23(26)25(20,21)5/h15-21H,6-14H2,1-5H3/t16-,17-,18-,19?,20?,21?,24+,25-/m1/s1. The van der Waals surface area contributed by atoms with Gasteiger partial charge in [0.05, 0.1) is 0 Å². The molecule has 1 nitrogen and oxygen atoms in total. The summed E-state index contributed by atoms with van der Waals surface area (Å²) in [5.74, 6) is 4.82. The number of hydrogen-bond donors (Lipinski definition) is 0. The second-order valence-corrected chi connectivity index (χ2v) is 11.0. The van der Waals surface area contributed by atoms with Crippen molar-refractivity contribution in [3.05, 3.63) is 11.6 Å². The summed E-state index contributed by atoms with van der Waals surface area (Å²) in [6.07, 6.45) is 14.1. The van der Waals surface area contributed by atoms with E-state index in [1.807, 2.05) is 0 Å². The summed E-state index contributed by atoms with van der Waals surface area (Å²) in [7, 11) is 0. The Morgan fingerprint density at radius 1 is 1.15 bits per heavy atom. The molecule has 3 unspecified atom stereocenters. The average molecular weight is 357 g/mol. The van der Waals surface area contributed by atoms with Crippen molar-refractivity contribution in [3.63, 3.8) is 0 Å². The predicted octanol–water partition coefficient (Wildman–Crippen LogP) is 6.82. The van der Waals surface area contributed by atoms with Crippen molar-refractivity contribution >= 4 is 5.78 Å². The van der Waals surface area contributed by atoms with E-state index in [0.29, 0.717) is 34.9 Å². The van der Waals surface area contributed by atoms with E-state index in [4.69, 9.17) is 0 Å². The van der Waals surface area contributed by atoms with Crippen LogP contribution in [0.3, 0.4) is 0 Å². The fourth-order valence-electron chi connectivity index (χ4n) is 8.13. The minimum atomic E-state index is -0.0755. The van der Waals surface area contributed by atoms with Crippen LogP contribution < -0.4 is 0 Å². The van der Waals surface area contributed by atoms with Gasteiger partial charge in [-0.05, 0) is 91.9 Å². The van der Waals surface area contributed by atoms with Crippen molar-refractivity contribution in [3.8, 4) is 0 Å². The Morgan fingerprint density at radius 3 is 2.65 bits per heavy atom. The molecule has 0 bridgehead atoms. The number of carbonyl (C=O) groups is 1. The Labute approximate surface area is 161 Å². The molecule has 0 aliphatic heterocycles. The zero-order chi connectivity index (χ0) is 18.7. The van der Waals surface area contributed by atoms with Crippen LogP contribution in [0.25, 0.3) is 0 Å². The van der Waals surface area contributed by atoms with Crippen molar-refractivity contribution in [2.24, 2.45) is 46.3 Å². The van der Waals surface area contributed by atoms with Gasteiger partial charge < -0.3 is 0 Å². The van der Waals surface area contributed by atoms with E-state index in [2.05, 4.69) is 40.7 Å². The van der Waals surface area contributed by atoms with Gasteiger partial charge in [0.2, 0.25) is 0 Å². The first-order valence-corrected chi connectivity index (χ1v) is 11.6. The SMILES string of the molecule is CCC[C@@H](C)C1CCC2C3CC[C@@H]4C[C@H](C)CC[C@]4(C)C3=CC(=O)[C@@]21C. The highest BCUT2D eigenvalue weighted by molar-refractivity contribution is 5.97. The highest BCUT2D eigenvalue weighted by Crippen LogP contribution is 2.65. The molecular formula is C25H40O. The molecule has 4 rings (SSSR count). The molecule has 3 fully saturated rings. The summed E-state index contributed by atoms with van der Waals surface area (Å²) in [5, 5.41) is 0. The summed E-state index contributed by atoms with van der Waals surface area (Å²) in [4.78, 5) is 13.6. The van der Waals surface area contributed by atoms with Crippen LogP contribution in [0, 0.1) is 46.3 Å². The topological polar surface area (TPSA) is 17.1 Å². The molecule has 0 N–H and O–H groups in total. The van der Waals surface area contributed by atoms with Crippen LogP contribution in [-0.4, -0.2) is 5.78 Å². The molecule has 0 aromatic carbocycles. The third-order valence-corrected chi connectivity index (χ3v) is 9.69. The maximum atomic E-state index is 13.6. The first-order chi connectivity index (χ1) is 12.3. The number of allylic oxidation sites excluding steroid dienone is 2. The molecule has 0 aromatic heterocycles. The molecule has 146 valence electrons. The van der Waals surface area contributed by atoms with Crippen LogP contribution in [0.4, 0.5) is 0 Å². The van der Waals surface area contributed by atoms with E-state index < -0.39 is 0 Å². The summed E-state index contributed by atoms with van der Waals surface area (Å²) in [5.41, 5.74) is 1.84. The first-order valence-electron chi connectivity index (χ1n) is 11.6. The molecule has 4 aliphatic carbocycles. The fraction of sp³-hybridized carbons (Fsp3) is 0.880. The highest BCUT2D eigenvalue weighted by atomic mass is 16.1. The summed E-state index contributed by atoms with van der Waals surface area (Å²) in [6.45, 7) is 12.0. The van der Waals surface area contributed by atoms with Gasteiger partial charge in [-0.1, -0.05) is 53.0 Å². The lowest BCUT2D eigenvalue weighted by atomic mass is 9.47. The van der Waals surface area contributed by atoms with E-state index in [0.717, 1.165) is 11.8 Å². The van der Waals surface area contributed by atoms with Crippen molar-refractivity contribution in [2.45, 2.75) is 92.4 Å². The summed E-state index contributed by atoms with van der Waals surface area (Å²) in [6, 6.07) is 0. The van der Waals surface area contributed by atoms with Crippen molar-refractivity contribution in [2.75, 3.05) is 0 Å². The quantitative estimate of drug-likeness (QED) is 0.542. The molecule has 0 amide bonds. The Kier molecular flexibility index (Phi) is 4.68. The second-order valence-electron chi connectivity index (χ2n) is 11.0. The highest BCUT2D eigenvalue weighted by Gasteiger charge is 2.60. The Balaban J connectivity index is 1.69. The van der Waals surface area contributed by atoms with E-state index in [9.17, 15) is 4.79 Å². The Morgan fingerprint density at radius 2 is 1.92 bits per heavy atom. The number of rotatable bonds is 3. The minimum Gasteiger partial charge on any atom is -0.294 e. The van der Waals surface area contributed by atoms with Gasteiger partial charge in [0.25, 0.3) is 0 Å². The lowest BCUT2D eigenvalue weighted by molar-refractivity contribution is -0.132. The van der Waals surface area contributed by atoms with Crippen LogP contribution >= 0.6 is 0 Å². The molecule has 0 heterocycles. The normalized spacial score (nSPS) is 49.0. The number of hydrogen-bond acceptors (Lipinski definition) is 1. The monoisotopic (exact) mass is 356 g/mol. The summed E-state index contributed by atoms with van der Waals surface area (Å²) >= 11 is 0. The maximum absolute atomic E-state index is 13.6. The van der Waals surface area contributed by atoms with Crippen molar-refractivity contribution < 1.29 is 4.79 Å². The molecule has 4 aliphatic rings. The number of fused-ring (bicyclic) bond motifs is 5. The molecule has 26 heavy (non-hydrogen) atoms. The van der Waals surface area contributed by atoms with Gasteiger partial charge in [0, 0.05) is 5.41 Å². The van der Waals surface area contributed by atoms with Gasteiger partial charge in [0.1, 0.15) is 0 Å². The smallest absolute Gasteiger partial charge is 0.162 e. The largest absolute Gasteiger partial charge is 0.294 e.